The lowest BCUT2D eigenvalue weighted by molar-refractivity contribution is -0.119. The Labute approximate surface area is 105 Å². The van der Waals surface area contributed by atoms with Crippen LogP contribution >= 0.6 is 0 Å². The Morgan fingerprint density at radius 2 is 1.71 bits per heavy atom. The summed E-state index contributed by atoms with van der Waals surface area (Å²) in [6.07, 6.45) is 10.4. The molecule has 0 atom stereocenters. The summed E-state index contributed by atoms with van der Waals surface area (Å²) in [5.41, 5.74) is 0. The number of nitrogens with zero attached hydrogens (tertiary/aromatic N) is 2. The van der Waals surface area contributed by atoms with E-state index in [1.807, 2.05) is 4.90 Å². The number of likely N-dealkylation sites (tertiary alicyclic amines) is 2. The third-order valence-corrected chi connectivity index (χ3v) is 4.33. The minimum atomic E-state index is 0.871. The lowest BCUT2D eigenvalue weighted by Gasteiger charge is -2.30. The number of amides is 1. The van der Waals surface area contributed by atoms with E-state index in [-0.39, 0.29) is 0 Å². The third kappa shape index (κ3) is 4.30. The molecule has 0 saturated carbocycles. The van der Waals surface area contributed by atoms with E-state index in [0.29, 0.717) is 0 Å². The molecule has 0 aromatic heterocycles. The topological polar surface area (TPSA) is 23.6 Å². The Bertz CT molecular complexity index is 218. The molecule has 2 rings (SSSR count). The molecule has 0 aromatic rings. The summed E-state index contributed by atoms with van der Waals surface area (Å²) in [6, 6.07) is 0. The molecule has 0 N–H and O–H groups in total. The zero-order chi connectivity index (χ0) is 11.9. The number of carbonyl (C=O) groups is 1. The number of carbonyl (C=O) groups excluding carboxylic acids is 1. The maximum atomic E-state index is 10.6. The molecule has 0 spiro atoms. The Hall–Kier alpha value is -0.570. The smallest absolute Gasteiger partial charge is 0.209 e. The van der Waals surface area contributed by atoms with Crippen molar-refractivity contribution in [3.05, 3.63) is 0 Å². The van der Waals surface area contributed by atoms with Crippen molar-refractivity contribution in [2.75, 3.05) is 32.7 Å². The second-order valence-electron chi connectivity index (χ2n) is 5.63. The van der Waals surface area contributed by atoms with Crippen molar-refractivity contribution in [3.63, 3.8) is 0 Å². The van der Waals surface area contributed by atoms with Crippen LogP contribution in [0.4, 0.5) is 0 Å². The zero-order valence-corrected chi connectivity index (χ0v) is 10.9. The fourth-order valence-electron chi connectivity index (χ4n) is 3.13. The van der Waals surface area contributed by atoms with Crippen LogP contribution in [-0.4, -0.2) is 48.9 Å². The predicted octanol–water partition coefficient (Wildman–Crippen LogP) is 2.12. The molecule has 3 heteroatoms. The van der Waals surface area contributed by atoms with E-state index in [4.69, 9.17) is 0 Å². The highest BCUT2D eigenvalue weighted by molar-refractivity contribution is 5.47. The lowest BCUT2D eigenvalue weighted by atomic mass is 9.92. The third-order valence-electron chi connectivity index (χ3n) is 4.33. The van der Waals surface area contributed by atoms with Gasteiger partial charge >= 0.3 is 0 Å². The van der Waals surface area contributed by atoms with E-state index >= 15 is 0 Å². The van der Waals surface area contributed by atoms with Gasteiger partial charge in [-0.3, -0.25) is 4.79 Å². The van der Waals surface area contributed by atoms with Crippen molar-refractivity contribution in [1.82, 2.24) is 9.80 Å². The molecular weight excluding hydrogens is 212 g/mol. The number of hydrogen-bond donors (Lipinski definition) is 0. The summed E-state index contributed by atoms with van der Waals surface area (Å²) in [5, 5.41) is 0. The number of rotatable bonds is 5. The fourth-order valence-corrected chi connectivity index (χ4v) is 3.13. The molecule has 2 aliphatic rings. The molecule has 0 bridgehead atoms. The van der Waals surface area contributed by atoms with Gasteiger partial charge in [0.15, 0.2) is 0 Å². The predicted molar refractivity (Wildman–Crippen MR) is 69.9 cm³/mol. The molecule has 2 aliphatic heterocycles. The van der Waals surface area contributed by atoms with Gasteiger partial charge in [-0.25, -0.2) is 0 Å². The lowest BCUT2D eigenvalue weighted by Crippen LogP contribution is -2.33. The van der Waals surface area contributed by atoms with Crippen LogP contribution in [0.25, 0.3) is 0 Å². The van der Waals surface area contributed by atoms with Crippen molar-refractivity contribution in [1.29, 1.82) is 0 Å². The first kappa shape index (κ1) is 12.9. The van der Waals surface area contributed by atoms with Gasteiger partial charge in [-0.2, -0.15) is 0 Å². The fraction of sp³-hybridized carbons (Fsp3) is 0.929. The molecule has 2 heterocycles. The number of piperidine rings is 2. The summed E-state index contributed by atoms with van der Waals surface area (Å²) in [4.78, 5) is 15.2. The van der Waals surface area contributed by atoms with E-state index in [1.165, 1.54) is 64.6 Å². The molecule has 2 saturated heterocycles. The Balaban J connectivity index is 1.54. The highest BCUT2D eigenvalue weighted by Crippen LogP contribution is 2.21. The Kier molecular flexibility index (Phi) is 5.30. The van der Waals surface area contributed by atoms with E-state index in [9.17, 15) is 4.79 Å². The van der Waals surface area contributed by atoms with Crippen LogP contribution in [0.1, 0.15) is 44.9 Å². The molecule has 0 aliphatic carbocycles. The van der Waals surface area contributed by atoms with Crippen LogP contribution in [0, 0.1) is 5.92 Å². The Morgan fingerprint density at radius 3 is 2.35 bits per heavy atom. The highest BCUT2D eigenvalue weighted by atomic mass is 16.1. The summed E-state index contributed by atoms with van der Waals surface area (Å²) in [7, 11) is 0. The van der Waals surface area contributed by atoms with Crippen LogP contribution < -0.4 is 0 Å². The van der Waals surface area contributed by atoms with Gasteiger partial charge in [0.05, 0.1) is 0 Å². The minimum absolute atomic E-state index is 0.871. The molecular formula is C14H26N2O. The SMILES string of the molecule is O=CN1CCC(CCCN2CCCCC2)CC1. The molecule has 0 aromatic carbocycles. The average molecular weight is 238 g/mol. The molecule has 0 unspecified atom stereocenters. The summed E-state index contributed by atoms with van der Waals surface area (Å²) in [5.74, 6) is 0.871. The van der Waals surface area contributed by atoms with Crippen molar-refractivity contribution in [2.24, 2.45) is 5.92 Å². The molecule has 1 amide bonds. The first-order chi connectivity index (χ1) is 8.38. The highest BCUT2D eigenvalue weighted by Gasteiger charge is 2.18. The van der Waals surface area contributed by atoms with Gasteiger partial charge < -0.3 is 9.80 Å². The average Bonchev–Trinajstić information content (AvgIpc) is 2.41. The van der Waals surface area contributed by atoms with Crippen LogP contribution in [0.2, 0.25) is 0 Å². The van der Waals surface area contributed by atoms with Crippen LogP contribution in [0.3, 0.4) is 0 Å². The van der Waals surface area contributed by atoms with Gasteiger partial charge in [0, 0.05) is 13.1 Å². The minimum Gasteiger partial charge on any atom is -0.345 e. The van der Waals surface area contributed by atoms with Crippen LogP contribution in [0.5, 0.6) is 0 Å². The number of hydrogen-bond acceptors (Lipinski definition) is 2. The molecule has 17 heavy (non-hydrogen) atoms. The summed E-state index contributed by atoms with van der Waals surface area (Å²) >= 11 is 0. The van der Waals surface area contributed by atoms with Crippen molar-refractivity contribution in [2.45, 2.75) is 44.9 Å². The maximum absolute atomic E-state index is 10.6. The van der Waals surface area contributed by atoms with E-state index in [2.05, 4.69) is 4.90 Å². The zero-order valence-electron chi connectivity index (χ0n) is 10.9. The van der Waals surface area contributed by atoms with Crippen LogP contribution in [0.15, 0.2) is 0 Å². The van der Waals surface area contributed by atoms with Gasteiger partial charge in [0.2, 0.25) is 6.41 Å². The standard InChI is InChI=1S/C14H26N2O/c17-13-16-11-6-14(7-12-16)5-4-10-15-8-2-1-3-9-15/h13-14H,1-12H2. The van der Waals surface area contributed by atoms with Gasteiger partial charge in [-0.15, -0.1) is 0 Å². The second kappa shape index (κ2) is 7.00. The molecule has 0 radical (unpaired) electrons. The maximum Gasteiger partial charge on any atom is 0.209 e. The van der Waals surface area contributed by atoms with E-state index in [0.717, 1.165) is 25.4 Å². The van der Waals surface area contributed by atoms with E-state index in [1.54, 1.807) is 0 Å². The van der Waals surface area contributed by atoms with Gasteiger partial charge in [0.25, 0.3) is 0 Å². The van der Waals surface area contributed by atoms with Gasteiger partial charge in [-0.05, 0) is 64.1 Å². The summed E-state index contributed by atoms with van der Waals surface area (Å²) in [6.45, 7) is 5.91. The Morgan fingerprint density at radius 1 is 1.00 bits per heavy atom. The summed E-state index contributed by atoms with van der Waals surface area (Å²) < 4.78 is 0. The quantitative estimate of drug-likeness (QED) is 0.685. The first-order valence-corrected chi connectivity index (χ1v) is 7.30. The second-order valence-corrected chi connectivity index (χ2v) is 5.63. The van der Waals surface area contributed by atoms with Gasteiger partial charge in [-0.1, -0.05) is 6.42 Å². The largest absolute Gasteiger partial charge is 0.345 e. The monoisotopic (exact) mass is 238 g/mol. The normalized spacial score (nSPS) is 23.9. The first-order valence-electron chi connectivity index (χ1n) is 7.30. The van der Waals surface area contributed by atoms with E-state index < -0.39 is 0 Å². The molecule has 2 fully saturated rings. The molecule has 98 valence electrons. The van der Waals surface area contributed by atoms with Gasteiger partial charge in [0.1, 0.15) is 0 Å². The van der Waals surface area contributed by atoms with Crippen molar-refractivity contribution >= 4 is 6.41 Å². The van der Waals surface area contributed by atoms with Crippen LogP contribution in [-0.2, 0) is 4.79 Å². The molecule has 3 nitrogen and oxygen atoms in total. The van der Waals surface area contributed by atoms with Crippen molar-refractivity contribution < 1.29 is 4.79 Å². The van der Waals surface area contributed by atoms with Crippen molar-refractivity contribution in [3.8, 4) is 0 Å².